The van der Waals surface area contributed by atoms with Crippen LogP contribution in [0.1, 0.15) is 32.6 Å². The van der Waals surface area contributed by atoms with E-state index in [1.54, 1.807) is 0 Å². The highest BCUT2D eigenvalue weighted by Crippen LogP contribution is 2.19. The van der Waals surface area contributed by atoms with E-state index in [-0.39, 0.29) is 6.54 Å². The first-order valence-electron chi connectivity index (χ1n) is 7.99. The zero-order valence-corrected chi connectivity index (χ0v) is 13.5. The number of amides is 1. The molecule has 3 N–H and O–H groups in total. The van der Waals surface area contributed by atoms with Crippen LogP contribution in [-0.4, -0.2) is 31.0 Å². The van der Waals surface area contributed by atoms with E-state index >= 15 is 0 Å². The van der Waals surface area contributed by atoms with E-state index in [9.17, 15) is 18.0 Å². The van der Waals surface area contributed by atoms with Crippen molar-refractivity contribution in [2.45, 2.75) is 38.6 Å². The summed E-state index contributed by atoms with van der Waals surface area (Å²) in [7, 11) is 0. The summed E-state index contributed by atoms with van der Waals surface area (Å²) in [5.74, 6) is -4.47. The number of carbonyl (C=O) groups is 1. The van der Waals surface area contributed by atoms with Crippen LogP contribution in [0.15, 0.2) is 17.1 Å². The average Bonchev–Trinajstić information content (AvgIpc) is 3.06. The maximum absolute atomic E-state index is 13.5. The molecule has 5 nitrogen and oxygen atoms in total. The number of benzene rings is 1. The lowest BCUT2D eigenvalue weighted by Crippen LogP contribution is -2.42. The van der Waals surface area contributed by atoms with Crippen molar-refractivity contribution in [1.29, 1.82) is 0 Å². The summed E-state index contributed by atoms with van der Waals surface area (Å²) < 4.78 is 39.5. The van der Waals surface area contributed by atoms with Crippen LogP contribution in [0.25, 0.3) is 0 Å². The van der Waals surface area contributed by atoms with Crippen LogP contribution >= 0.6 is 0 Å². The van der Waals surface area contributed by atoms with Crippen LogP contribution < -0.4 is 16.0 Å². The largest absolute Gasteiger partial charge is 0.357 e. The van der Waals surface area contributed by atoms with Gasteiger partial charge in [0, 0.05) is 12.6 Å². The molecule has 0 aliphatic heterocycles. The molecule has 0 bridgehead atoms. The van der Waals surface area contributed by atoms with Crippen LogP contribution in [0.5, 0.6) is 0 Å². The van der Waals surface area contributed by atoms with Gasteiger partial charge < -0.3 is 16.0 Å². The molecule has 1 aliphatic rings. The lowest BCUT2D eigenvalue weighted by molar-refractivity contribution is -0.114. The predicted molar refractivity (Wildman–Crippen MR) is 86.3 cm³/mol. The molecular formula is C16H21F3N4O. The number of hydrogen-bond acceptors (Lipinski definition) is 2. The topological polar surface area (TPSA) is 65.5 Å². The Morgan fingerprint density at radius 3 is 2.58 bits per heavy atom. The second kappa shape index (κ2) is 8.56. The lowest BCUT2D eigenvalue weighted by atomic mass is 10.2. The Morgan fingerprint density at radius 2 is 1.92 bits per heavy atom. The molecule has 1 amide bonds. The summed E-state index contributed by atoms with van der Waals surface area (Å²) in [5.41, 5.74) is -0.414. The van der Waals surface area contributed by atoms with Gasteiger partial charge in [0.15, 0.2) is 23.4 Å². The van der Waals surface area contributed by atoms with Crippen molar-refractivity contribution in [2.24, 2.45) is 4.99 Å². The van der Waals surface area contributed by atoms with Gasteiger partial charge in [0.1, 0.15) is 6.54 Å². The Bertz CT molecular complexity index is 616. The third kappa shape index (κ3) is 4.87. The van der Waals surface area contributed by atoms with Gasteiger partial charge in [0.25, 0.3) is 0 Å². The van der Waals surface area contributed by atoms with Crippen molar-refractivity contribution in [3.05, 3.63) is 29.6 Å². The maximum atomic E-state index is 13.5. The number of guanidine groups is 1. The number of anilines is 1. The molecular weight excluding hydrogens is 321 g/mol. The fourth-order valence-corrected chi connectivity index (χ4v) is 2.55. The zero-order valence-electron chi connectivity index (χ0n) is 13.5. The predicted octanol–water partition coefficient (Wildman–Crippen LogP) is 2.54. The van der Waals surface area contributed by atoms with Crippen LogP contribution in [0.3, 0.4) is 0 Å². The summed E-state index contributed by atoms with van der Waals surface area (Å²) in [6.07, 6.45) is 4.42. The van der Waals surface area contributed by atoms with Crippen molar-refractivity contribution in [1.82, 2.24) is 10.6 Å². The Kier molecular flexibility index (Phi) is 6.45. The van der Waals surface area contributed by atoms with Gasteiger partial charge in [-0.3, -0.25) is 4.79 Å². The summed E-state index contributed by atoms with van der Waals surface area (Å²) in [4.78, 5) is 16.0. The fraction of sp³-hybridized carbons (Fsp3) is 0.500. The maximum Gasteiger partial charge on any atom is 0.246 e. The van der Waals surface area contributed by atoms with Gasteiger partial charge in [0.05, 0.1) is 5.69 Å². The standard InChI is InChI=1S/C16H21F3N4O/c1-2-20-16(22-10-5-3-4-6-10)21-9-13(24)23-12-8-7-11(17)14(18)15(12)19/h7-8,10H,2-6,9H2,1H3,(H,23,24)(H2,20,21,22). The van der Waals surface area contributed by atoms with E-state index in [2.05, 4.69) is 20.9 Å². The molecule has 8 heteroatoms. The van der Waals surface area contributed by atoms with E-state index in [4.69, 9.17) is 0 Å². The summed E-state index contributed by atoms with van der Waals surface area (Å²) >= 11 is 0. The molecule has 1 aliphatic carbocycles. The quantitative estimate of drug-likeness (QED) is 0.438. The van der Waals surface area contributed by atoms with E-state index in [1.165, 1.54) is 0 Å². The Labute approximate surface area is 138 Å². The molecule has 0 spiro atoms. The highest BCUT2D eigenvalue weighted by Gasteiger charge is 2.17. The first kappa shape index (κ1) is 18.1. The minimum atomic E-state index is -1.62. The smallest absolute Gasteiger partial charge is 0.246 e. The monoisotopic (exact) mass is 342 g/mol. The minimum Gasteiger partial charge on any atom is -0.357 e. The third-order valence-corrected chi connectivity index (χ3v) is 3.73. The lowest BCUT2D eigenvalue weighted by Gasteiger charge is -2.16. The zero-order chi connectivity index (χ0) is 17.5. The Balaban J connectivity index is 1.95. The molecule has 2 rings (SSSR count). The van der Waals surface area contributed by atoms with E-state index in [0.29, 0.717) is 18.5 Å². The number of rotatable bonds is 5. The summed E-state index contributed by atoms with van der Waals surface area (Å²) in [5, 5.41) is 8.46. The number of nitrogens with one attached hydrogen (secondary N) is 3. The Morgan fingerprint density at radius 1 is 1.21 bits per heavy atom. The summed E-state index contributed by atoms with van der Waals surface area (Å²) in [6, 6.07) is 2.05. The van der Waals surface area contributed by atoms with Gasteiger partial charge in [0.2, 0.25) is 5.91 Å². The van der Waals surface area contributed by atoms with Crippen molar-refractivity contribution in [2.75, 3.05) is 18.4 Å². The number of aliphatic imine (C=N–C) groups is 1. The molecule has 0 aromatic heterocycles. The van der Waals surface area contributed by atoms with Crippen molar-refractivity contribution in [3.8, 4) is 0 Å². The molecule has 0 atom stereocenters. The van der Waals surface area contributed by atoms with Crippen molar-refractivity contribution >= 4 is 17.6 Å². The number of nitrogens with zero attached hydrogens (tertiary/aromatic N) is 1. The van der Waals surface area contributed by atoms with E-state index < -0.39 is 29.0 Å². The van der Waals surface area contributed by atoms with Gasteiger partial charge >= 0.3 is 0 Å². The second-order valence-corrected chi connectivity index (χ2v) is 5.59. The molecule has 0 unspecified atom stereocenters. The van der Waals surface area contributed by atoms with Gasteiger partial charge in [-0.2, -0.15) is 0 Å². The second-order valence-electron chi connectivity index (χ2n) is 5.59. The molecule has 1 aromatic carbocycles. The molecule has 24 heavy (non-hydrogen) atoms. The van der Waals surface area contributed by atoms with Crippen LogP contribution in [0, 0.1) is 17.5 Å². The highest BCUT2D eigenvalue weighted by atomic mass is 19.2. The van der Waals surface area contributed by atoms with Crippen LogP contribution in [0.2, 0.25) is 0 Å². The first-order chi connectivity index (χ1) is 11.5. The SMILES string of the molecule is CCNC(=NCC(=O)Nc1ccc(F)c(F)c1F)NC1CCCC1. The third-order valence-electron chi connectivity index (χ3n) is 3.73. The van der Waals surface area contributed by atoms with Crippen molar-refractivity contribution in [3.63, 3.8) is 0 Å². The molecule has 0 radical (unpaired) electrons. The fourth-order valence-electron chi connectivity index (χ4n) is 2.55. The number of halogens is 3. The van der Waals surface area contributed by atoms with Crippen molar-refractivity contribution < 1.29 is 18.0 Å². The highest BCUT2D eigenvalue weighted by molar-refractivity contribution is 5.94. The first-order valence-corrected chi connectivity index (χ1v) is 7.99. The van der Waals surface area contributed by atoms with Crippen LogP contribution in [0.4, 0.5) is 18.9 Å². The molecule has 0 heterocycles. The van der Waals surface area contributed by atoms with Gasteiger partial charge in [-0.1, -0.05) is 12.8 Å². The molecule has 1 fully saturated rings. The Hall–Kier alpha value is -2.25. The summed E-state index contributed by atoms with van der Waals surface area (Å²) in [6.45, 7) is 2.28. The normalized spacial score (nSPS) is 15.4. The van der Waals surface area contributed by atoms with Gasteiger partial charge in [-0.05, 0) is 31.9 Å². The molecule has 132 valence electrons. The van der Waals surface area contributed by atoms with E-state index in [1.807, 2.05) is 6.92 Å². The molecule has 1 aromatic rings. The average molecular weight is 342 g/mol. The number of hydrogen-bond donors (Lipinski definition) is 3. The molecule has 0 saturated heterocycles. The van der Waals surface area contributed by atoms with Gasteiger partial charge in [-0.15, -0.1) is 0 Å². The van der Waals surface area contributed by atoms with Crippen LogP contribution in [-0.2, 0) is 4.79 Å². The minimum absolute atomic E-state index is 0.263. The van der Waals surface area contributed by atoms with E-state index in [0.717, 1.165) is 37.8 Å². The molecule has 1 saturated carbocycles. The number of carbonyl (C=O) groups excluding carboxylic acids is 1. The van der Waals surface area contributed by atoms with Gasteiger partial charge in [-0.25, -0.2) is 18.2 Å².